The van der Waals surface area contributed by atoms with Crippen molar-refractivity contribution in [3.63, 3.8) is 0 Å². The average Bonchev–Trinajstić information content (AvgIpc) is 2.62. The van der Waals surface area contributed by atoms with Crippen molar-refractivity contribution in [2.75, 3.05) is 18.5 Å². The molecule has 0 bridgehead atoms. The van der Waals surface area contributed by atoms with Crippen LogP contribution in [-0.4, -0.2) is 30.2 Å². The first-order valence-corrected chi connectivity index (χ1v) is 8.09. The van der Waals surface area contributed by atoms with Crippen LogP contribution in [0.3, 0.4) is 0 Å². The van der Waals surface area contributed by atoms with Crippen LogP contribution in [0.15, 0.2) is 42.5 Å². The first kappa shape index (κ1) is 18.3. The quantitative estimate of drug-likeness (QED) is 0.592. The summed E-state index contributed by atoms with van der Waals surface area (Å²) in [5.41, 5.74) is 0.852. The van der Waals surface area contributed by atoms with E-state index in [9.17, 15) is 14.7 Å². The molecule has 6 nitrogen and oxygen atoms in total. The second-order valence-electron chi connectivity index (χ2n) is 5.28. The number of amides is 1. The average molecular weight is 343 g/mol. The van der Waals surface area contributed by atoms with Crippen molar-refractivity contribution in [2.45, 2.75) is 20.3 Å². The molecule has 0 aliphatic carbocycles. The lowest BCUT2D eigenvalue weighted by Crippen LogP contribution is -2.13. The molecule has 0 heterocycles. The summed E-state index contributed by atoms with van der Waals surface area (Å²) in [7, 11) is 0. The molecule has 0 saturated carbocycles. The number of phenols is 1. The van der Waals surface area contributed by atoms with E-state index in [1.165, 1.54) is 18.2 Å². The molecular formula is C19H21NO5. The first-order chi connectivity index (χ1) is 12.0. The van der Waals surface area contributed by atoms with Crippen LogP contribution in [0.25, 0.3) is 0 Å². The Morgan fingerprint density at radius 3 is 2.44 bits per heavy atom. The zero-order valence-electron chi connectivity index (χ0n) is 14.2. The highest BCUT2D eigenvalue weighted by Gasteiger charge is 2.15. The van der Waals surface area contributed by atoms with Crippen molar-refractivity contribution in [3.05, 3.63) is 53.6 Å². The number of nitrogens with one attached hydrogen (secondary N) is 1. The van der Waals surface area contributed by atoms with Gasteiger partial charge in [0.1, 0.15) is 17.1 Å². The van der Waals surface area contributed by atoms with Crippen molar-refractivity contribution >= 4 is 17.6 Å². The number of esters is 1. The number of rotatable bonds is 7. The predicted octanol–water partition coefficient (Wildman–Crippen LogP) is 3.61. The van der Waals surface area contributed by atoms with E-state index in [-0.39, 0.29) is 23.8 Å². The third kappa shape index (κ3) is 4.97. The van der Waals surface area contributed by atoms with Gasteiger partial charge in [-0.05, 0) is 55.8 Å². The summed E-state index contributed by atoms with van der Waals surface area (Å²) in [6, 6.07) is 11.0. The first-order valence-electron chi connectivity index (χ1n) is 8.09. The van der Waals surface area contributed by atoms with E-state index < -0.39 is 5.97 Å². The van der Waals surface area contributed by atoms with Gasteiger partial charge in [0, 0.05) is 11.3 Å². The Morgan fingerprint density at radius 2 is 1.80 bits per heavy atom. The van der Waals surface area contributed by atoms with Crippen LogP contribution in [0.1, 0.15) is 41.0 Å². The molecule has 1 amide bonds. The van der Waals surface area contributed by atoms with E-state index in [4.69, 9.17) is 9.47 Å². The summed E-state index contributed by atoms with van der Waals surface area (Å²) in [4.78, 5) is 24.2. The monoisotopic (exact) mass is 343 g/mol. The third-order valence-electron chi connectivity index (χ3n) is 3.34. The van der Waals surface area contributed by atoms with Crippen LogP contribution in [-0.2, 0) is 4.74 Å². The van der Waals surface area contributed by atoms with Crippen molar-refractivity contribution < 1.29 is 24.2 Å². The van der Waals surface area contributed by atoms with Gasteiger partial charge in [0.25, 0.3) is 5.91 Å². The molecule has 0 aliphatic heterocycles. The van der Waals surface area contributed by atoms with Crippen LogP contribution in [0.4, 0.5) is 5.69 Å². The summed E-state index contributed by atoms with van der Waals surface area (Å²) in [5.74, 6) is -0.470. The van der Waals surface area contributed by atoms with E-state index in [0.717, 1.165) is 0 Å². The smallest absolute Gasteiger partial charge is 0.341 e. The lowest BCUT2D eigenvalue weighted by molar-refractivity contribution is 0.0501. The van der Waals surface area contributed by atoms with Gasteiger partial charge in [-0.1, -0.05) is 6.92 Å². The minimum atomic E-state index is -0.628. The Hall–Kier alpha value is -3.02. The van der Waals surface area contributed by atoms with Gasteiger partial charge < -0.3 is 19.9 Å². The predicted molar refractivity (Wildman–Crippen MR) is 94.2 cm³/mol. The second kappa shape index (κ2) is 8.73. The van der Waals surface area contributed by atoms with Crippen LogP contribution < -0.4 is 10.1 Å². The van der Waals surface area contributed by atoms with Gasteiger partial charge in [-0.25, -0.2) is 4.79 Å². The molecule has 0 atom stereocenters. The molecule has 25 heavy (non-hydrogen) atoms. The molecular weight excluding hydrogens is 322 g/mol. The molecule has 2 rings (SSSR count). The summed E-state index contributed by atoms with van der Waals surface area (Å²) in [6.07, 6.45) is 0.681. The van der Waals surface area contributed by atoms with Crippen LogP contribution in [0.5, 0.6) is 11.5 Å². The third-order valence-corrected chi connectivity index (χ3v) is 3.34. The fraction of sp³-hybridized carbons (Fsp3) is 0.263. The number of carbonyl (C=O) groups is 2. The highest BCUT2D eigenvalue weighted by molar-refractivity contribution is 6.05. The van der Waals surface area contributed by atoms with E-state index in [2.05, 4.69) is 5.32 Å². The summed E-state index contributed by atoms with van der Waals surface area (Å²) in [6.45, 7) is 4.58. The standard InChI is InChI=1S/C19H21NO5/c1-3-11-25-19(23)16-12-14(7-10-17(16)21)20-18(22)13-5-8-15(9-6-13)24-4-2/h5-10,12,21H,3-4,11H2,1-2H3,(H,20,22). The SMILES string of the molecule is CCCOC(=O)c1cc(NC(=O)c2ccc(OCC)cc2)ccc1O. The number of benzene rings is 2. The molecule has 0 aliphatic rings. The lowest BCUT2D eigenvalue weighted by Gasteiger charge is -2.10. The molecule has 0 aromatic heterocycles. The number of ether oxygens (including phenoxy) is 2. The number of hydrogen-bond acceptors (Lipinski definition) is 5. The van der Waals surface area contributed by atoms with Gasteiger partial charge >= 0.3 is 5.97 Å². The number of hydrogen-bond donors (Lipinski definition) is 2. The fourth-order valence-corrected chi connectivity index (χ4v) is 2.12. The van der Waals surface area contributed by atoms with Gasteiger partial charge in [-0.2, -0.15) is 0 Å². The van der Waals surface area contributed by atoms with Gasteiger partial charge in [-0.3, -0.25) is 4.79 Å². The second-order valence-corrected chi connectivity index (χ2v) is 5.28. The molecule has 0 saturated heterocycles. The van der Waals surface area contributed by atoms with Gasteiger partial charge in [-0.15, -0.1) is 0 Å². The van der Waals surface area contributed by atoms with Crippen molar-refractivity contribution in [1.82, 2.24) is 0 Å². The normalized spacial score (nSPS) is 10.2. The van der Waals surface area contributed by atoms with E-state index >= 15 is 0 Å². The van der Waals surface area contributed by atoms with Crippen molar-refractivity contribution in [1.29, 1.82) is 0 Å². The molecule has 0 fully saturated rings. The van der Waals surface area contributed by atoms with Crippen LogP contribution in [0.2, 0.25) is 0 Å². The minimum absolute atomic E-state index is 0.0120. The number of phenolic OH excluding ortho intramolecular Hbond substituents is 1. The van der Waals surface area contributed by atoms with E-state index in [0.29, 0.717) is 30.0 Å². The fourth-order valence-electron chi connectivity index (χ4n) is 2.12. The number of anilines is 1. The van der Waals surface area contributed by atoms with Crippen LogP contribution in [0, 0.1) is 0 Å². The maximum absolute atomic E-state index is 12.3. The lowest BCUT2D eigenvalue weighted by atomic mass is 10.1. The highest BCUT2D eigenvalue weighted by Crippen LogP contribution is 2.23. The summed E-state index contributed by atoms with van der Waals surface area (Å²) in [5, 5.41) is 12.5. The summed E-state index contributed by atoms with van der Waals surface area (Å²) < 4.78 is 10.3. The van der Waals surface area contributed by atoms with Gasteiger partial charge in [0.15, 0.2) is 0 Å². The summed E-state index contributed by atoms with van der Waals surface area (Å²) >= 11 is 0. The minimum Gasteiger partial charge on any atom is -0.507 e. The molecule has 6 heteroatoms. The molecule has 2 aromatic rings. The number of carbonyl (C=O) groups excluding carboxylic acids is 2. The molecule has 2 aromatic carbocycles. The molecule has 2 N–H and O–H groups in total. The maximum Gasteiger partial charge on any atom is 0.341 e. The highest BCUT2D eigenvalue weighted by atomic mass is 16.5. The Labute approximate surface area is 146 Å². The Balaban J connectivity index is 2.11. The molecule has 0 spiro atoms. The van der Waals surface area contributed by atoms with Crippen LogP contribution >= 0.6 is 0 Å². The number of aromatic hydroxyl groups is 1. The molecule has 132 valence electrons. The zero-order chi connectivity index (χ0) is 18.2. The van der Waals surface area contributed by atoms with E-state index in [1.54, 1.807) is 24.3 Å². The topological polar surface area (TPSA) is 84.9 Å². The molecule has 0 radical (unpaired) electrons. The molecule has 0 unspecified atom stereocenters. The van der Waals surface area contributed by atoms with E-state index in [1.807, 2.05) is 13.8 Å². The Kier molecular flexibility index (Phi) is 6.39. The van der Waals surface area contributed by atoms with Gasteiger partial charge in [0.05, 0.1) is 13.2 Å². The largest absolute Gasteiger partial charge is 0.507 e. The van der Waals surface area contributed by atoms with Gasteiger partial charge in [0.2, 0.25) is 0 Å². The Bertz CT molecular complexity index is 740. The van der Waals surface area contributed by atoms with Crippen molar-refractivity contribution in [2.24, 2.45) is 0 Å². The Morgan fingerprint density at radius 1 is 1.08 bits per heavy atom. The maximum atomic E-state index is 12.3. The van der Waals surface area contributed by atoms with Crippen molar-refractivity contribution in [3.8, 4) is 11.5 Å². The zero-order valence-corrected chi connectivity index (χ0v) is 14.2.